The van der Waals surface area contributed by atoms with Crippen molar-refractivity contribution in [3.63, 3.8) is 0 Å². The van der Waals surface area contributed by atoms with Crippen LogP contribution < -0.4 is 5.32 Å². The Morgan fingerprint density at radius 3 is 2.80 bits per heavy atom. The van der Waals surface area contributed by atoms with Crippen molar-refractivity contribution in [1.29, 1.82) is 0 Å². The number of imidazole rings is 1. The van der Waals surface area contributed by atoms with Gasteiger partial charge >= 0.3 is 0 Å². The van der Waals surface area contributed by atoms with Crippen LogP contribution in [0, 0.1) is 0 Å². The first kappa shape index (κ1) is 17.1. The van der Waals surface area contributed by atoms with Crippen LogP contribution in [0.3, 0.4) is 0 Å². The molecule has 0 fully saturated rings. The van der Waals surface area contributed by atoms with E-state index in [-0.39, 0.29) is 5.91 Å². The van der Waals surface area contributed by atoms with Gasteiger partial charge in [-0.05, 0) is 25.0 Å². The molecule has 2 N–H and O–H groups in total. The third-order valence-electron chi connectivity index (χ3n) is 4.35. The molecule has 0 saturated heterocycles. The largest absolute Gasteiger partial charge is 0.359 e. The number of benzene rings is 1. The van der Waals surface area contributed by atoms with Gasteiger partial charge in [0.15, 0.2) is 0 Å². The van der Waals surface area contributed by atoms with Crippen LogP contribution >= 0.6 is 0 Å². The number of carbonyl (C=O) groups is 1. The second-order valence-corrected chi connectivity index (χ2v) is 6.22. The zero-order valence-electron chi connectivity index (χ0n) is 14.6. The molecule has 0 bridgehead atoms. The fourth-order valence-corrected chi connectivity index (χ4v) is 2.89. The van der Waals surface area contributed by atoms with E-state index < -0.39 is 0 Å². The van der Waals surface area contributed by atoms with E-state index in [4.69, 9.17) is 4.98 Å². The van der Waals surface area contributed by atoms with Crippen molar-refractivity contribution in [2.75, 3.05) is 7.05 Å². The highest BCUT2D eigenvalue weighted by Gasteiger charge is 2.06. The van der Waals surface area contributed by atoms with Crippen LogP contribution in [0.1, 0.15) is 37.9 Å². The Bertz CT molecular complexity index is 840. The van der Waals surface area contributed by atoms with Gasteiger partial charge in [0, 0.05) is 25.3 Å². The van der Waals surface area contributed by atoms with Gasteiger partial charge in [0.25, 0.3) is 0 Å². The molecule has 5 nitrogen and oxygen atoms in total. The summed E-state index contributed by atoms with van der Waals surface area (Å²) in [5.74, 6) is 1.12. The number of rotatable bonds is 8. The van der Waals surface area contributed by atoms with E-state index in [1.165, 1.54) is 0 Å². The predicted octanol–water partition coefficient (Wildman–Crippen LogP) is 3.86. The number of aromatic amines is 1. The summed E-state index contributed by atoms with van der Waals surface area (Å²) in [6.45, 7) is 0. The molecule has 3 rings (SSSR count). The minimum atomic E-state index is 0.124. The summed E-state index contributed by atoms with van der Waals surface area (Å²) in [5, 5.41) is 3.79. The maximum Gasteiger partial charge on any atom is 0.219 e. The Kier molecular flexibility index (Phi) is 5.77. The number of hydrogen-bond acceptors (Lipinski definition) is 3. The Morgan fingerprint density at radius 1 is 1.08 bits per heavy atom. The van der Waals surface area contributed by atoms with Crippen molar-refractivity contribution in [1.82, 2.24) is 20.3 Å². The molecule has 0 aliphatic rings. The van der Waals surface area contributed by atoms with Gasteiger partial charge in [-0.25, -0.2) is 9.97 Å². The molecule has 130 valence electrons. The van der Waals surface area contributed by atoms with Gasteiger partial charge < -0.3 is 10.3 Å². The van der Waals surface area contributed by atoms with E-state index >= 15 is 0 Å². The number of hydrogen-bond donors (Lipinski definition) is 2. The number of aryl methyl sites for hydroxylation is 1. The van der Waals surface area contributed by atoms with Crippen molar-refractivity contribution in [3.05, 3.63) is 48.4 Å². The van der Waals surface area contributed by atoms with E-state index in [1.807, 2.05) is 30.5 Å². The van der Waals surface area contributed by atoms with Crippen molar-refractivity contribution >= 4 is 16.8 Å². The SMILES string of the molecule is CNC(=O)CCCCCCc1ncc(-c2ccc3ccccc3n2)[nH]1. The van der Waals surface area contributed by atoms with Crippen molar-refractivity contribution < 1.29 is 4.79 Å². The minimum Gasteiger partial charge on any atom is -0.359 e. The molecule has 0 radical (unpaired) electrons. The molecule has 0 aliphatic heterocycles. The molecule has 1 aromatic carbocycles. The highest BCUT2D eigenvalue weighted by molar-refractivity contribution is 5.80. The summed E-state index contributed by atoms with van der Waals surface area (Å²) in [4.78, 5) is 23.7. The fraction of sp³-hybridized carbons (Fsp3) is 0.350. The van der Waals surface area contributed by atoms with Crippen LogP contribution in [0.15, 0.2) is 42.6 Å². The van der Waals surface area contributed by atoms with Crippen molar-refractivity contribution in [2.24, 2.45) is 0 Å². The molecule has 2 aromatic heterocycles. The summed E-state index contributed by atoms with van der Waals surface area (Å²) < 4.78 is 0. The minimum absolute atomic E-state index is 0.124. The lowest BCUT2D eigenvalue weighted by atomic mass is 10.1. The monoisotopic (exact) mass is 336 g/mol. The summed E-state index contributed by atoms with van der Waals surface area (Å²) in [6, 6.07) is 12.2. The van der Waals surface area contributed by atoms with Crippen LogP contribution in [0.25, 0.3) is 22.3 Å². The molecule has 1 amide bonds. The number of nitrogens with one attached hydrogen (secondary N) is 2. The number of fused-ring (bicyclic) bond motifs is 1. The first-order chi connectivity index (χ1) is 12.3. The number of H-pyrrole nitrogens is 1. The molecule has 2 heterocycles. The molecule has 5 heteroatoms. The van der Waals surface area contributed by atoms with Gasteiger partial charge in [0.2, 0.25) is 5.91 Å². The van der Waals surface area contributed by atoms with E-state index in [0.29, 0.717) is 6.42 Å². The summed E-state index contributed by atoms with van der Waals surface area (Å²) in [6.07, 6.45) is 7.62. The van der Waals surface area contributed by atoms with Crippen LogP contribution in [0.2, 0.25) is 0 Å². The zero-order valence-corrected chi connectivity index (χ0v) is 14.6. The number of pyridine rings is 1. The Balaban J connectivity index is 1.51. The number of carbonyl (C=O) groups excluding carboxylic acids is 1. The fourth-order valence-electron chi connectivity index (χ4n) is 2.89. The van der Waals surface area contributed by atoms with E-state index in [1.54, 1.807) is 7.05 Å². The standard InChI is InChI=1S/C20H24N4O/c1-21-20(25)11-5-3-2-4-10-19-22-14-18(24-19)17-13-12-15-8-6-7-9-16(15)23-17/h6-9,12-14H,2-5,10-11H2,1H3,(H,21,25)(H,22,24). The predicted molar refractivity (Wildman–Crippen MR) is 100 cm³/mol. The highest BCUT2D eigenvalue weighted by atomic mass is 16.1. The summed E-state index contributed by atoms with van der Waals surface area (Å²) in [5.41, 5.74) is 2.87. The quantitative estimate of drug-likeness (QED) is 0.614. The zero-order chi connectivity index (χ0) is 17.5. The van der Waals surface area contributed by atoms with Crippen LogP contribution in [-0.2, 0) is 11.2 Å². The molecule has 0 saturated carbocycles. The molecule has 0 aliphatic carbocycles. The van der Waals surface area contributed by atoms with E-state index in [0.717, 1.165) is 60.2 Å². The molecular weight excluding hydrogens is 312 g/mol. The molecular formula is C20H24N4O. The lowest BCUT2D eigenvalue weighted by Crippen LogP contribution is -2.16. The van der Waals surface area contributed by atoms with Crippen molar-refractivity contribution in [2.45, 2.75) is 38.5 Å². The number of aromatic nitrogens is 3. The maximum atomic E-state index is 11.2. The first-order valence-electron chi connectivity index (χ1n) is 8.87. The molecule has 0 atom stereocenters. The lowest BCUT2D eigenvalue weighted by molar-refractivity contribution is -0.120. The Hall–Kier alpha value is -2.69. The second-order valence-electron chi connectivity index (χ2n) is 6.22. The third-order valence-corrected chi connectivity index (χ3v) is 4.35. The van der Waals surface area contributed by atoms with Gasteiger partial charge in [-0.1, -0.05) is 37.1 Å². The summed E-state index contributed by atoms with van der Waals surface area (Å²) >= 11 is 0. The maximum absolute atomic E-state index is 11.2. The van der Waals surface area contributed by atoms with E-state index in [2.05, 4.69) is 27.4 Å². The first-order valence-corrected chi connectivity index (χ1v) is 8.87. The normalized spacial score (nSPS) is 10.9. The van der Waals surface area contributed by atoms with Gasteiger partial charge in [0.05, 0.1) is 23.1 Å². The lowest BCUT2D eigenvalue weighted by Gasteiger charge is -2.01. The number of amides is 1. The third kappa shape index (κ3) is 4.66. The van der Waals surface area contributed by atoms with E-state index in [9.17, 15) is 4.79 Å². The second kappa shape index (κ2) is 8.42. The van der Waals surface area contributed by atoms with Gasteiger partial charge in [-0.3, -0.25) is 4.79 Å². The van der Waals surface area contributed by atoms with Crippen LogP contribution in [0.4, 0.5) is 0 Å². The topological polar surface area (TPSA) is 70.7 Å². The molecule has 25 heavy (non-hydrogen) atoms. The van der Waals surface area contributed by atoms with Crippen LogP contribution in [-0.4, -0.2) is 27.9 Å². The number of unbranched alkanes of at least 4 members (excludes halogenated alkanes) is 3. The average molecular weight is 336 g/mol. The Labute approximate surface area is 147 Å². The van der Waals surface area contributed by atoms with Gasteiger partial charge in [-0.15, -0.1) is 0 Å². The summed E-state index contributed by atoms with van der Waals surface area (Å²) in [7, 11) is 1.68. The Morgan fingerprint density at radius 2 is 1.92 bits per heavy atom. The molecule has 0 spiro atoms. The molecule has 3 aromatic rings. The smallest absolute Gasteiger partial charge is 0.219 e. The van der Waals surface area contributed by atoms with Crippen molar-refractivity contribution in [3.8, 4) is 11.4 Å². The average Bonchev–Trinajstić information content (AvgIpc) is 3.12. The highest BCUT2D eigenvalue weighted by Crippen LogP contribution is 2.20. The van der Waals surface area contributed by atoms with Gasteiger partial charge in [0.1, 0.15) is 5.82 Å². The molecule has 0 unspecified atom stereocenters. The van der Waals surface area contributed by atoms with Crippen LogP contribution in [0.5, 0.6) is 0 Å². The van der Waals surface area contributed by atoms with Gasteiger partial charge in [-0.2, -0.15) is 0 Å². The number of nitrogens with zero attached hydrogens (tertiary/aromatic N) is 2. The number of para-hydroxylation sites is 1.